The Bertz CT molecular complexity index is 502. The smallest absolute Gasteiger partial charge is 0.336 e. The zero-order valence-electron chi connectivity index (χ0n) is 11.3. The fraction of sp³-hybridized carbons (Fsp3) is 0.462. The van der Waals surface area contributed by atoms with Crippen molar-refractivity contribution in [3.63, 3.8) is 0 Å². The van der Waals surface area contributed by atoms with E-state index in [1.165, 1.54) is 19.2 Å². The molecule has 0 bridgehead atoms. The second-order valence-corrected chi connectivity index (χ2v) is 4.64. The number of carbonyl (C=O) groups excluding carboxylic acids is 1. The van der Waals surface area contributed by atoms with E-state index in [1.807, 2.05) is 11.8 Å². The number of non-ortho nitro benzene ring substituents is 1. The van der Waals surface area contributed by atoms with Crippen LogP contribution in [-0.2, 0) is 14.3 Å². The van der Waals surface area contributed by atoms with Gasteiger partial charge in [-0.1, -0.05) is 0 Å². The molecule has 0 amide bonds. The highest BCUT2D eigenvalue weighted by Gasteiger charge is 2.31. The van der Waals surface area contributed by atoms with Crippen molar-refractivity contribution in [1.82, 2.24) is 0 Å². The zero-order valence-corrected chi connectivity index (χ0v) is 11.3. The van der Waals surface area contributed by atoms with E-state index in [-0.39, 0.29) is 11.8 Å². The van der Waals surface area contributed by atoms with Gasteiger partial charge in [-0.15, -0.1) is 0 Å². The molecule has 0 N–H and O–H groups in total. The lowest BCUT2D eigenvalue weighted by Crippen LogP contribution is -2.50. The number of esters is 1. The number of rotatable bonds is 3. The number of methoxy groups -OCH3 is 1. The fourth-order valence-corrected chi connectivity index (χ4v) is 2.21. The molecule has 1 unspecified atom stereocenters. The van der Waals surface area contributed by atoms with Crippen molar-refractivity contribution in [3.8, 4) is 0 Å². The standard InChI is InChI=1S/C13H16N2O5/c1-9-7-14(8-12(20-9)13(16)19-2)10-3-5-11(6-4-10)15(17)18/h3-6,9,12H,7-8H2,1-2H3/t9-,12?/m1/s1. The Morgan fingerprint density at radius 3 is 2.60 bits per heavy atom. The van der Waals surface area contributed by atoms with Gasteiger partial charge in [0, 0.05) is 24.4 Å². The molecule has 1 aliphatic rings. The summed E-state index contributed by atoms with van der Waals surface area (Å²) < 4.78 is 10.2. The lowest BCUT2D eigenvalue weighted by Gasteiger charge is -2.36. The minimum absolute atomic E-state index is 0.0413. The molecular formula is C13H16N2O5. The summed E-state index contributed by atoms with van der Waals surface area (Å²) in [6.45, 7) is 2.85. The Morgan fingerprint density at radius 1 is 1.40 bits per heavy atom. The highest BCUT2D eigenvalue weighted by atomic mass is 16.6. The van der Waals surface area contributed by atoms with Crippen molar-refractivity contribution < 1.29 is 19.2 Å². The monoisotopic (exact) mass is 280 g/mol. The summed E-state index contributed by atoms with van der Waals surface area (Å²) >= 11 is 0. The van der Waals surface area contributed by atoms with E-state index in [0.717, 1.165) is 5.69 Å². The Kier molecular flexibility index (Phi) is 4.19. The van der Waals surface area contributed by atoms with Crippen molar-refractivity contribution in [2.24, 2.45) is 0 Å². The predicted molar refractivity (Wildman–Crippen MR) is 71.7 cm³/mol. The van der Waals surface area contributed by atoms with E-state index in [0.29, 0.717) is 13.1 Å². The highest BCUT2D eigenvalue weighted by molar-refractivity contribution is 5.76. The summed E-state index contributed by atoms with van der Waals surface area (Å²) in [4.78, 5) is 23.7. The van der Waals surface area contributed by atoms with Crippen molar-refractivity contribution >= 4 is 17.3 Å². The van der Waals surface area contributed by atoms with Gasteiger partial charge in [0.1, 0.15) is 0 Å². The first-order chi connectivity index (χ1) is 9.51. The highest BCUT2D eigenvalue weighted by Crippen LogP contribution is 2.23. The van der Waals surface area contributed by atoms with Gasteiger partial charge in [0.2, 0.25) is 0 Å². The molecule has 1 aromatic carbocycles. The largest absolute Gasteiger partial charge is 0.467 e. The van der Waals surface area contributed by atoms with Crippen LogP contribution in [0.2, 0.25) is 0 Å². The number of benzene rings is 1. The summed E-state index contributed by atoms with van der Waals surface area (Å²) in [6.07, 6.45) is -0.762. The van der Waals surface area contributed by atoms with Crippen LogP contribution in [0.5, 0.6) is 0 Å². The van der Waals surface area contributed by atoms with Crippen LogP contribution in [0.4, 0.5) is 11.4 Å². The van der Waals surface area contributed by atoms with Gasteiger partial charge < -0.3 is 14.4 Å². The molecule has 0 saturated carbocycles. The van der Waals surface area contributed by atoms with Crippen LogP contribution in [0.25, 0.3) is 0 Å². The van der Waals surface area contributed by atoms with Crippen molar-refractivity contribution in [2.75, 3.05) is 25.1 Å². The molecule has 20 heavy (non-hydrogen) atoms. The van der Waals surface area contributed by atoms with Gasteiger partial charge >= 0.3 is 5.97 Å². The Morgan fingerprint density at radius 2 is 2.05 bits per heavy atom. The second-order valence-electron chi connectivity index (χ2n) is 4.64. The van der Waals surface area contributed by atoms with Gasteiger partial charge in [0.25, 0.3) is 5.69 Å². The molecule has 0 spiro atoms. The number of hydrogen-bond acceptors (Lipinski definition) is 6. The molecule has 1 fully saturated rings. The van der Waals surface area contributed by atoms with Crippen LogP contribution >= 0.6 is 0 Å². The third-order valence-corrected chi connectivity index (χ3v) is 3.15. The first-order valence-electron chi connectivity index (χ1n) is 6.24. The number of nitro benzene ring substituents is 1. The van der Waals surface area contributed by atoms with Crippen LogP contribution in [0, 0.1) is 10.1 Å². The van der Waals surface area contributed by atoms with Crippen molar-refractivity contribution in [3.05, 3.63) is 34.4 Å². The zero-order chi connectivity index (χ0) is 14.7. The molecule has 0 aromatic heterocycles. The third kappa shape index (κ3) is 3.05. The quantitative estimate of drug-likeness (QED) is 0.472. The maximum atomic E-state index is 11.6. The molecule has 1 saturated heterocycles. The average Bonchev–Trinajstić information content (AvgIpc) is 2.45. The van der Waals surface area contributed by atoms with Gasteiger partial charge in [-0.05, 0) is 19.1 Å². The van der Waals surface area contributed by atoms with E-state index in [4.69, 9.17) is 9.47 Å². The first-order valence-corrected chi connectivity index (χ1v) is 6.24. The Hall–Kier alpha value is -2.15. The number of nitrogens with zero attached hydrogens (tertiary/aromatic N) is 2. The van der Waals surface area contributed by atoms with Crippen LogP contribution in [0.15, 0.2) is 24.3 Å². The van der Waals surface area contributed by atoms with Crippen molar-refractivity contribution in [1.29, 1.82) is 0 Å². The Labute approximate surface area is 116 Å². The molecule has 0 aliphatic carbocycles. The SMILES string of the molecule is COC(=O)C1CN(c2ccc([N+](=O)[O-])cc2)C[C@@H](C)O1. The van der Waals surface area contributed by atoms with Gasteiger partial charge in [-0.2, -0.15) is 0 Å². The molecule has 2 rings (SSSR count). The van der Waals surface area contributed by atoms with Crippen LogP contribution in [-0.4, -0.2) is 43.3 Å². The van der Waals surface area contributed by atoms with E-state index in [9.17, 15) is 14.9 Å². The van der Waals surface area contributed by atoms with E-state index in [2.05, 4.69) is 0 Å². The second kappa shape index (κ2) is 5.87. The molecule has 1 heterocycles. The topological polar surface area (TPSA) is 81.9 Å². The third-order valence-electron chi connectivity index (χ3n) is 3.15. The first kappa shape index (κ1) is 14.3. The molecule has 7 heteroatoms. The predicted octanol–water partition coefficient (Wildman–Crippen LogP) is 1.36. The number of morpholine rings is 1. The maximum Gasteiger partial charge on any atom is 0.336 e. The maximum absolute atomic E-state index is 11.6. The van der Waals surface area contributed by atoms with Gasteiger partial charge in [-0.3, -0.25) is 10.1 Å². The summed E-state index contributed by atoms with van der Waals surface area (Å²) in [6, 6.07) is 6.24. The van der Waals surface area contributed by atoms with Gasteiger partial charge in [0.05, 0.1) is 24.7 Å². The average molecular weight is 280 g/mol. The molecule has 0 radical (unpaired) electrons. The number of nitro groups is 1. The van der Waals surface area contributed by atoms with Crippen LogP contribution in [0.3, 0.4) is 0 Å². The summed E-state index contributed by atoms with van der Waals surface area (Å²) in [5.74, 6) is -0.413. The number of ether oxygens (including phenoxy) is 2. The lowest BCUT2D eigenvalue weighted by atomic mass is 10.2. The van der Waals surface area contributed by atoms with E-state index in [1.54, 1.807) is 12.1 Å². The van der Waals surface area contributed by atoms with Crippen molar-refractivity contribution in [2.45, 2.75) is 19.1 Å². The molecule has 1 aliphatic heterocycles. The molecular weight excluding hydrogens is 264 g/mol. The fourth-order valence-electron chi connectivity index (χ4n) is 2.21. The van der Waals surface area contributed by atoms with E-state index >= 15 is 0 Å². The molecule has 108 valence electrons. The summed E-state index contributed by atoms with van der Waals surface area (Å²) in [5, 5.41) is 10.6. The lowest BCUT2D eigenvalue weighted by molar-refractivity contribution is -0.384. The number of hydrogen-bond donors (Lipinski definition) is 0. The number of carbonyl (C=O) groups is 1. The van der Waals surface area contributed by atoms with Gasteiger partial charge in [0.15, 0.2) is 6.10 Å². The minimum Gasteiger partial charge on any atom is -0.467 e. The minimum atomic E-state index is -0.640. The van der Waals surface area contributed by atoms with Gasteiger partial charge in [-0.25, -0.2) is 4.79 Å². The number of anilines is 1. The molecule has 1 aromatic rings. The summed E-state index contributed by atoms with van der Waals surface area (Å²) in [5.41, 5.74) is 0.860. The summed E-state index contributed by atoms with van der Waals surface area (Å²) in [7, 11) is 1.32. The molecule has 2 atom stereocenters. The van der Waals surface area contributed by atoms with Crippen LogP contribution < -0.4 is 4.90 Å². The van der Waals surface area contributed by atoms with E-state index < -0.39 is 17.0 Å². The normalized spacial score (nSPS) is 22.4. The molecule has 7 nitrogen and oxygen atoms in total. The Balaban J connectivity index is 2.14. The van der Waals surface area contributed by atoms with Crippen LogP contribution in [0.1, 0.15) is 6.92 Å².